The van der Waals surface area contributed by atoms with Gasteiger partial charge in [-0.2, -0.15) is 0 Å². The van der Waals surface area contributed by atoms with Gasteiger partial charge in [0.15, 0.2) is 5.76 Å². The minimum absolute atomic E-state index is 0.0103. The first-order valence-corrected chi connectivity index (χ1v) is 6.80. The molecule has 6 heteroatoms. The second-order valence-electron chi connectivity index (χ2n) is 4.57. The lowest BCUT2D eigenvalue weighted by atomic mass is 10.0. The van der Waals surface area contributed by atoms with Crippen molar-refractivity contribution in [2.24, 2.45) is 0 Å². The van der Waals surface area contributed by atoms with E-state index in [1.54, 1.807) is 6.07 Å². The van der Waals surface area contributed by atoms with Gasteiger partial charge >= 0.3 is 0 Å². The van der Waals surface area contributed by atoms with Crippen LogP contribution in [-0.2, 0) is 6.61 Å². The summed E-state index contributed by atoms with van der Waals surface area (Å²) >= 11 is 6.00. The molecule has 0 spiro atoms. The highest BCUT2D eigenvalue weighted by Crippen LogP contribution is 2.37. The molecule has 3 nitrogen and oxygen atoms in total. The van der Waals surface area contributed by atoms with Gasteiger partial charge in [0.05, 0.1) is 22.8 Å². The topological polar surface area (TPSA) is 46.3 Å². The largest absolute Gasteiger partial charge is 0.391 e. The highest BCUT2D eigenvalue weighted by Gasteiger charge is 2.24. The molecular formula is C16H10ClF2NO2. The lowest BCUT2D eigenvalue weighted by Gasteiger charge is -2.05. The fourth-order valence-corrected chi connectivity index (χ4v) is 2.48. The number of hydrogen-bond acceptors (Lipinski definition) is 3. The zero-order chi connectivity index (χ0) is 15.7. The number of hydrogen-bond donors (Lipinski definition) is 1. The number of rotatable bonds is 3. The maximum atomic E-state index is 14.0. The summed E-state index contributed by atoms with van der Waals surface area (Å²) in [5, 5.41) is 13.5. The van der Waals surface area contributed by atoms with Crippen molar-refractivity contribution >= 4 is 11.6 Å². The summed E-state index contributed by atoms with van der Waals surface area (Å²) in [5.41, 5.74) is 0.448. The van der Waals surface area contributed by atoms with E-state index in [2.05, 4.69) is 5.16 Å². The maximum Gasteiger partial charge on any atom is 0.177 e. The summed E-state index contributed by atoms with van der Waals surface area (Å²) < 4.78 is 33.1. The molecule has 1 heterocycles. The van der Waals surface area contributed by atoms with E-state index in [9.17, 15) is 13.9 Å². The van der Waals surface area contributed by atoms with Crippen LogP contribution in [0.5, 0.6) is 0 Å². The second-order valence-corrected chi connectivity index (χ2v) is 4.98. The summed E-state index contributed by atoms with van der Waals surface area (Å²) in [4.78, 5) is 0. The molecule has 0 radical (unpaired) electrons. The lowest BCUT2D eigenvalue weighted by molar-refractivity contribution is 0.281. The van der Waals surface area contributed by atoms with Crippen molar-refractivity contribution in [2.45, 2.75) is 6.61 Å². The summed E-state index contributed by atoms with van der Waals surface area (Å²) in [6.07, 6.45) is 0. The van der Waals surface area contributed by atoms with Crippen LogP contribution in [-0.4, -0.2) is 10.3 Å². The first-order chi connectivity index (χ1) is 10.6. The van der Waals surface area contributed by atoms with Crippen LogP contribution >= 0.6 is 11.6 Å². The number of benzene rings is 2. The molecule has 0 amide bonds. The summed E-state index contributed by atoms with van der Waals surface area (Å²) in [5.74, 6) is -1.14. The average molecular weight is 322 g/mol. The molecule has 0 saturated heterocycles. The Hall–Kier alpha value is -2.24. The molecule has 0 bridgehead atoms. The molecule has 0 fully saturated rings. The van der Waals surface area contributed by atoms with Crippen molar-refractivity contribution in [3.63, 3.8) is 0 Å². The third-order valence-corrected chi connectivity index (χ3v) is 3.58. The smallest absolute Gasteiger partial charge is 0.177 e. The minimum Gasteiger partial charge on any atom is -0.391 e. The van der Waals surface area contributed by atoms with Crippen LogP contribution < -0.4 is 0 Å². The first kappa shape index (κ1) is 14.7. The predicted molar refractivity (Wildman–Crippen MR) is 78.2 cm³/mol. The fraction of sp³-hybridized carbons (Fsp3) is 0.0625. The molecule has 22 heavy (non-hydrogen) atoms. The van der Waals surface area contributed by atoms with Gasteiger partial charge in [-0.05, 0) is 24.3 Å². The molecule has 0 aliphatic heterocycles. The van der Waals surface area contributed by atoms with Gasteiger partial charge in [0.2, 0.25) is 0 Å². The van der Waals surface area contributed by atoms with Crippen LogP contribution in [0.25, 0.3) is 22.6 Å². The Morgan fingerprint density at radius 1 is 1.05 bits per heavy atom. The van der Waals surface area contributed by atoms with Crippen LogP contribution in [0.15, 0.2) is 47.0 Å². The van der Waals surface area contributed by atoms with Crippen LogP contribution in [0.3, 0.4) is 0 Å². The van der Waals surface area contributed by atoms with E-state index < -0.39 is 18.2 Å². The van der Waals surface area contributed by atoms with Gasteiger partial charge in [-0.1, -0.05) is 35.0 Å². The van der Waals surface area contributed by atoms with Gasteiger partial charge in [-0.25, -0.2) is 8.78 Å². The van der Waals surface area contributed by atoms with Gasteiger partial charge in [0.1, 0.15) is 17.3 Å². The molecule has 0 atom stereocenters. The molecule has 0 unspecified atom stereocenters. The van der Waals surface area contributed by atoms with Crippen LogP contribution in [0, 0.1) is 11.6 Å². The molecule has 0 aliphatic carbocycles. The highest BCUT2D eigenvalue weighted by atomic mass is 35.5. The van der Waals surface area contributed by atoms with Gasteiger partial charge in [-0.3, -0.25) is 0 Å². The van der Waals surface area contributed by atoms with Crippen molar-refractivity contribution in [3.8, 4) is 22.6 Å². The molecule has 112 valence electrons. The Balaban J connectivity index is 2.23. The van der Waals surface area contributed by atoms with E-state index in [-0.39, 0.29) is 33.2 Å². The molecule has 1 N–H and O–H groups in total. The summed E-state index contributed by atoms with van der Waals surface area (Å²) in [7, 11) is 0. The van der Waals surface area contributed by atoms with E-state index in [1.165, 1.54) is 36.4 Å². The lowest BCUT2D eigenvalue weighted by Crippen LogP contribution is -1.93. The van der Waals surface area contributed by atoms with Gasteiger partial charge in [0, 0.05) is 5.56 Å². The van der Waals surface area contributed by atoms with Crippen LogP contribution in [0.2, 0.25) is 5.02 Å². The van der Waals surface area contributed by atoms with Crippen molar-refractivity contribution < 1.29 is 18.4 Å². The first-order valence-electron chi connectivity index (χ1n) is 6.42. The van der Waals surface area contributed by atoms with Gasteiger partial charge < -0.3 is 9.63 Å². The summed E-state index contributed by atoms with van der Waals surface area (Å²) in [6.45, 7) is -0.493. The minimum atomic E-state index is -0.613. The van der Waals surface area contributed by atoms with Crippen molar-refractivity contribution in [3.05, 3.63) is 64.7 Å². The number of aliphatic hydroxyl groups excluding tert-OH is 1. The SMILES string of the molecule is OCc1c(-c2ccccc2F)noc1-c1c(F)cccc1Cl. The Morgan fingerprint density at radius 2 is 1.77 bits per heavy atom. The van der Waals surface area contributed by atoms with Crippen LogP contribution in [0.1, 0.15) is 5.56 Å². The van der Waals surface area contributed by atoms with Gasteiger partial charge in [0.25, 0.3) is 0 Å². The Kier molecular flexibility index (Phi) is 3.92. The number of halogens is 3. The third-order valence-electron chi connectivity index (χ3n) is 3.27. The monoisotopic (exact) mass is 321 g/mol. The third kappa shape index (κ3) is 2.38. The normalized spacial score (nSPS) is 10.9. The number of nitrogens with zero attached hydrogens (tertiary/aromatic N) is 1. The zero-order valence-electron chi connectivity index (χ0n) is 11.2. The second kappa shape index (κ2) is 5.87. The van der Waals surface area contributed by atoms with Crippen molar-refractivity contribution in [2.75, 3.05) is 0 Å². The van der Waals surface area contributed by atoms with E-state index in [0.717, 1.165) is 0 Å². The Morgan fingerprint density at radius 3 is 2.45 bits per heavy atom. The van der Waals surface area contributed by atoms with Crippen molar-refractivity contribution in [1.29, 1.82) is 0 Å². The molecule has 1 aromatic heterocycles. The molecular weight excluding hydrogens is 312 g/mol. The Bertz CT molecular complexity index is 813. The maximum absolute atomic E-state index is 14.0. The predicted octanol–water partition coefficient (Wildman–Crippen LogP) is 4.43. The van der Waals surface area contributed by atoms with E-state index in [1.807, 2.05) is 0 Å². The quantitative estimate of drug-likeness (QED) is 0.776. The molecule has 0 aliphatic rings. The number of aromatic nitrogens is 1. The molecule has 3 rings (SSSR count). The zero-order valence-corrected chi connectivity index (χ0v) is 11.9. The summed E-state index contributed by atoms with van der Waals surface area (Å²) in [6, 6.07) is 10.1. The Labute approximate surface area is 129 Å². The van der Waals surface area contributed by atoms with Crippen LogP contribution in [0.4, 0.5) is 8.78 Å². The molecule has 0 saturated carbocycles. The fourth-order valence-electron chi connectivity index (χ4n) is 2.23. The van der Waals surface area contributed by atoms with E-state index in [0.29, 0.717) is 0 Å². The standard InChI is InChI=1S/C16H10ClF2NO2/c17-11-5-3-7-13(19)14(11)16-10(8-21)15(20-22-16)9-4-1-2-6-12(9)18/h1-7,21H,8H2. The van der Waals surface area contributed by atoms with Gasteiger partial charge in [-0.15, -0.1) is 0 Å². The van der Waals surface area contributed by atoms with E-state index >= 15 is 0 Å². The molecule has 3 aromatic rings. The molecule has 2 aromatic carbocycles. The average Bonchev–Trinajstić information content (AvgIpc) is 2.91. The van der Waals surface area contributed by atoms with E-state index in [4.69, 9.17) is 16.1 Å². The number of aliphatic hydroxyl groups is 1. The van der Waals surface area contributed by atoms with Crippen molar-refractivity contribution in [1.82, 2.24) is 5.16 Å². The highest BCUT2D eigenvalue weighted by molar-refractivity contribution is 6.33.